The van der Waals surface area contributed by atoms with E-state index in [0.29, 0.717) is 6.04 Å². The summed E-state index contributed by atoms with van der Waals surface area (Å²) in [4.78, 5) is 0. The highest BCUT2D eigenvalue weighted by atomic mass is 14.8. The molecule has 0 aromatic heterocycles. The van der Waals surface area contributed by atoms with Crippen LogP contribution in [0.3, 0.4) is 0 Å². The number of hydrogen-bond acceptors (Lipinski definition) is 1. The molecule has 1 atom stereocenters. The summed E-state index contributed by atoms with van der Waals surface area (Å²) in [6.07, 6.45) is 12.8. The van der Waals surface area contributed by atoms with Crippen molar-refractivity contribution in [3.8, 4) is 0 Å². The molecule has 1 unspecified atom stereocenters. The summed E-state index contributed by atoms with van der Waals surface area (Å²) in [6.45, 7) is 4.54. The first-order valence-electron chi connectivity index (χ1n) is 6.48. The SMILES string of the molecule is CCCCCCCCCCC(C)NC. The van der Waals surface area contributed by atoms with Gasteiger partial charge in [-0.1, -0.05) is 58.3 Å². The van der Waals surface area contributed by atoms with Gasteiger partial charge in [-0.15, -0.1) is 0 Å². The molecule has 1 N–H and O–H groups in total. The van der Waals surface area contributed by atoms with Gasteiger partial charge in [-0.2, -0.15) is 0 Å². The van der Waals surface area contributed by atoms with E-state index in [0.717, 1.165) is 0 Å². The van der Waals surface area contributed by atoms with Crippen LogP contribution in [0.1, 0.15) is 71.6 Å². The molecule has 0 rings (SSSR count). The van der Waals surface area contributed by atoms with Crippen LogP contribution in [0.25, 0.3) is 0 Å². The molecule has 0 radical (unpaired) electrons. The summed E-state index contributed by atoms with van der Waals surface area (Å²) in [5, 5.41) is 3.28. The average Bonchev–Trinajstić information content (AvgIpc) is 2.21. The fourth-order valence-electron chi connectivity index (χ4n) is 1.73. The van der Waals surface area contributed by atoms with Gasteiger partial charge in [0.25, 0.3) is 0 Å². The molecule has 14 heavy (non-hydrogen) atoms. The van der Waals surface area contributed by atoms with Crippen molar-refractivity contribution < 1.29 is 0 Å². The minimum atomic E-state index is 0.704. The predicted molar refractivity (Wildman–Crippen MR) is 65.7 cm³/mol. The van der Waals surface area contributed by atoms with Gasteiger partial charge < -0.3 is 5.32 Å². The molecule has 1 heteroatoms. The van der Waals surface area contributed by atoms with Crippen LogP contribution in [0.15, 0.2) is 0 Å². The molecule has 1 nitrogen and oxygen atoms in total. The largest absolute Gasteiger partial charge is 0.317 e. The number of rotatable bonds is 10. The summed E-state index contributed by atoms with van der Waals surface area (Å²) < 4.78 is 0. The van der Waals surface area contributed by atoms with Crippen LogP contribution >= 0.6 is 0 Å². The Kier molecular flexibility index (Phi) is 11.0. The second-order valence-corrected chi connectivity index (χ2v) is 4.45. The van der Waals surface area contributed by atoms with Crippen LogP contribution in [-0.2, 0) is 0 Å². The third-order valence-corrected chi connectivity index (χ3v) is 2.98. The normalized spacial score (nSPS) is 13.1. The Morgan fingerprint density at radius 1 is 0.857 bits per heavy atom. The lowest BCUT2D eigenvalue weighted by Crippen LogP contribution is -2.20. The first-order valence-corrected chi connectivity index (χ1v) is 6.48. The zero-order valence-corrected chi connectivity index (χ0v) is 10.4. The van der Waals surface area contributed by atoms with E-state index in [2.05, 4.69) is 26.2 Å². The lowest BCUT2D eigenvalue weighted by molar-refractivity contribution is 0.505. The van der Waals surface area contributed by atoms with Gasteiger partial charge in [0.2, 0.25) is 0 Å². The molecule has 0 spiro atoms. The van der Waals surface area contributed by atoms with E-state index in [-0.39, 0.29) is 0 Å². The lowest BCUT2D eigenvalue weighted by Gasteiger charge is -2.08. The maximum Gasteiger partial charge on any atom is 0.00357 e. The molecular weight excluding hydrogens is 170 g/mol. The van der Waals surface area contributed by atoms with Crippen molar-refractivity contribution in [2.24, 2.45) is 0 Å². The van der Waals surface area contributed by atoms with Crippen molar-refractivity contribution in [1.29, 1.82) is 0 Å². The highest BCUT2D eigenvalue weighted by Gasteiger charge is 1.97. The second kappa shape index (κ2) is 11.0. The van der Waals surface area contributed by atoms with Gasteiger partial charge in [0, 0.05) is 6.04 Å². The minimum Gasteiger partial charge on any atom is -0.317 e. The zero-order chi connectivity index (χ0) is 10.6. The average molecular weight is 199 g/mol. The maximum atomic E-state index is 3.28. The van der Waals surface area contributed by atoms with Crippen molar-refractivity contribution in [3.63, 3.8) is 0 Å². The van der Waals surface area contributed by atoms with Gasteiger partial charge in [0.05, 0.1) is 0 Å². The van der Waals surface area contributed by atoms with Crippen molar-refractivity contribution in [3.05, 3.63) is 0 Å². The van der Waals surface area contributed by atoms with Gasteiger partial charge in [-0.3, -0.25) is 0 Å². The van der Waals surface area contributed by atoms with E-state index in [9.17, 15) is 0 Å². The van der Waals surface area contributed by atoms with Gasteiger partial charge >= 0.3 is 0 Å². The molecule has 0 fully saturated rings. The Morgan fingerprint density at radius 3 is 1.86 bits per heavy atom. The molecule has 0 aromatic carbocycles. The molecular formula is C13H29N. The summed E-state index contributed by atoms with van der Waals surface area (Å²) in [6, 6.07) is 0.704. The lowest BCUT2D eigenvalue weighted by atomic mass is 10.1. The third kappa shape index (κ3) is 10.0. The smallest absolute Gasteiger partial charge is 0.00357 e. The molecule has 0 saturated heterocycles. The summed E-state index contributed by atoms with van der Waals surface area (Å²) in [7, 11) is 2.05. The molecule has 0 bridgehead atoms. The monoisotopic (exact) mass is 199 g/mol. The number of hydrogen-bond donors (Lipinski definition) is 1. The Balaban J connectivity index is 2.92. The topological polar surface area (TPSA) is 12.0 Å². The van der Waals surface area contributed by atoms with Crippen molar-refractivity contribution in [1.82, 2.24) is 5.32 Å². The van der Waals surface area contributed by atoms with Gasteiger partial charge in [0.1, 0.15) is 0 Å². The standard InChI is InChI=1S/C13H29N/c1-4-5-6-7-8-9-10-11-12-13(2)14-3/h13-14H,4-12H2,1-3H3. The van der Waals surface area contributed by atoms with Crippen LogP contribution in [0.2, 0.25) is 0 Å². The molecule has 0 amide bonds. The maximum absolute atomic E-state index is 3.28. The Labute approximate surface area is 90.7 Å². The molecule has 0 aromatic rings. The first kappa shape index (κ1) is 14.0. The number of nitrogens with one attached hydrogen (secondary N) is 1. The highest BCUT2D eigenvalue weighted by Crippen LogP contribution is 2.10. The molecule has 86 valence electrons. The van der Waals surface area contributed by atoms with Crippen LogP contribution < -0.4 is 5.32 Å². The molecule has 0 heterocycles. The molecule has 0 saturated carbocycles. The van der Waals surface area contributed by atoms with Crippen molar-refractivity contribution in [2.45, 2.75) is 77.7 Å². The van der Waals surface area contributed by atoms with E-state index in [1.165, 1.54) is 57.8 Å². The van der Waals surface area contributed by atoms with Crippen LogP contribution in [0.4, 0.5) is 0 Å². The van der Waals surface area contributed by atoms with E-state index in [1.54, 1.807) is 0 Å². The summed E-state index contributed by atoms with van der Waals surface area (Å²) in [5.74, 6) is 0. The highest BCUT2D eigenvalue weighted by molar-refractivity contribution is 4.56. The summed E-state index contributed by atoms with van der Waals surface area (Å²) in [5.41, 5.74) is 0. The van der Waals surface area contributed by atoms with Gasteiger partial charge in [-0.25, -0.2) is 0 Å². The van der Waals surface area contributed by atoms with E-state index < -0.39 is 0 Å². The fraction of sp³-hybridized carbons (Fsp3) is 1.00. The zero-order valence-electron chi connectivity index (χ0n) is 10.4. The van der Waals surface area contributed by atoms with Gasteiger partial charge in [-0.05, 0) is 20.4 Å². The van der Waals surface area contributed by atoms with Crippen molar-refractivity contribution in [2.75, 3.05) is 7.05 Å². The first-order chi connectivity index (χ1) is 6.81. The van der Waals surface area contributed by atoms with E-state index in [1.807, 2.05) is 0 Å². The van der Waals surface area contributed by atoms with E-state index >= 15 is 0 Å². The number of unbranched alkanes of at least 4 members (excludes halogenated alkanes) is 7. The Hall–Kier alpha value is -0.0400. The van der Waals surface area contributed by atoms with Crippen LogP contribution in [-0.4, -0.2) is 13.1 Å². The summed E-state index contributed by atoms with van der Waals surface area (Å²) >= 11 is 0. The fourth-order valence-corrected chi connectivity index (χ4v) is 1.73. The quantitative estimate of drug-likeness (QED) is 0.522. The van der Waals surface area contributed by atoms with Gasteiger partial charge in [0.15, 0.2) is 0 Å². The predicted octanol–water partition coefficient (Wildman–Crippen LogP) is 4.13. The Morgan fingerprint density at radius 2 is 1.36 bits per heavy atom. The van der Waals surface area contributed by atoms with E-state index in [4.69, 9.17) is 0 Å². The Bertz CT molecular complexity index is 101. The second-order valence-electron chi connectivity index (χ2n) is 4.45. The molecule has 0 aliphatic rings. The van der Waals surface area contributed by atoms with Crippen molar-refractivity contribution >= 4 is 0 Å². The van der Waals surface area contributed by atoms with Crippen LogP contribution in [0, 0.1) is 0 Å². The minimum absolute atomic E-state index is 0.704. The third-order valence-electron chi connectivity index (χ3n) is 2.98. The molecule has 0 aliphatic carbocycles. The van der Waals surface area contributed by atoms with Crippen LogP contribution in [0.5, 0.6) is 0 Å². The molecule has 0 aliphatic heterocycles.